The monoisotopic (exact) mass is 363 g/mol. The van der Waals surface area contributed by atoms with Gasteiger partial charge in [-0.15, -0.1) is 0 Å². The van der Waals surface area contributed by atoms with Gasteiger partial charge in [-0.2, -0.15) is 0 Å². The second-order valence-electron chi connectivity index (χ2n) is 7.26. The molecule has 0 fully saturated rings. The van der Waals surface area contributed by atoms with Gasteiger partial charge in [0.05, 0.1) is 11.0 Å². The zero-order valence-corrected chi connectivity index (χ0v) is 16.0. The molecular weight excluding hydrogens is 342 g/mol. The van der Waals surface area contributed by atoms with Crippen molar-refractivity contribution in [3.63, 3.8) is 0 Å². The second-order valence-corrected chi connectivity index (χ2v) is 7.26. The first-order chi connectivity index (χ1) is 13.7. The Morgan fingerprint density at radius 3 is 2.00 bits per heavy atom. The Morgan fingerprint density at radius 2 is 1.32 bits per heavy atom. The molecule has 0 aliphatic rings. The molecule has 1 aromatic heterocycles. The molecule has 1 heterocycles. The van der Waals surface area contributed by atoms with Gasteiger partial charge in [-0.3, -0.25) is 0 Å². The number of fused-ring (bicyclic) bond motifs is 6. The highest BCUT2D eigenvalue weighted by Gasteiger charge is 2.11. The molecule has 4 aromatic carbocycles. The van der Waals surface area contributed by atoms with Gasteiger partial charge in [0.15, 0.2) is 0 Å². The minimum atomic E-state index is 0.869. The summed E-state index contributed by atoms with van der Waals surface area (Å²) in [4.78, 5) is 10.5. The number of hydrogen-bond acceptors (Lipinski definition) is 2. The summed E-state index contributed by atoms with van der Waals surface area (Å²) in [5, 5.41) is 4.89. The molecule has 0 bridgehead atoms. The Labute approximate surface area is 163 Å². The quantitative estimate of drug-likeness (QED) is 0.392. The zero-order valence-electron chi connectivity index (χ0n) is 16.0. The van der Waals surface area contributed by atoms with Crippen LogP contribution in [-0.2, 0) is 0 Å². The van der Waals surface area contributed by atoms with Gasteiger partial charge < -0.3 is 9.88 Å². The molecule has 3 nitrogen and oxygen atoms in total. The highest BCUT2D eigenvalue weighted by molar-refractivity contribution is 6.23. The third kappa shape index (κ3) is 2.72. The first-order valence-corrected chi connectivity index (χ1v) is 9.45. The van der Waals surface area contributed by atoms with E-state index in [2.05, 4.69) is 88.8 Å². The SMILES string of the molecule is CN(C)c1ccc(/C=C/c2nc3c4ccccc4c4ccccc4c3[nH]2)cc1. The van der Waals surface area contributed by atoms with Crippen LogP contribution in [0, 0.1) is 0 Å². The van der Waals surface area contributed by atoms with Gasteiger partial charge in [-0.25, -0.2) is 4.98 Å². The third-order valence-electron chi connectivity index (χ3n) is 5.23. The van der Waals surface area contributed by atoms with Gasteiger partial charge in [0.2, 0.25) is 0 Å². The predicted molar refractivity (Wildman–Crippen MR) is 121 cm³/mol. The molecule has 5 aromatic rings. The van der Waals surface area contributed by atoms with E-state index >= 15 is 0 Å². The minimum absolute atomic E-state index is 0.869. The van der Waals surface area contributed by atoms with Crippen molar-refractivity contribution in [2.24, 2.45) is 0 Å². The number of H-pyrrole nitrogens is 1. The maximum absolute atomic E-state index is 4.90. The molecule has 3 heteroatoms. The average molecular weight is 363 g/mol. The molecule has 28 heavy (non-hydrogen) atoms. The fourth-order valence-corrected chi connectivity index (χ4v) is 3.78. The first-order valence-electron chi connectivity index (χ1n) is 9.45. The van der Waals surface area contributed by atoms with Crippen molar-refractivity contribution >= 4 is 50.4 Å². The van der Waals surface area contributed by atoms with E-state index in [0.29, 0.717) is 0 Å². The molecule has 1 N–H and O–H groups in total. The number of hydrogen-bond donors (Lipinski definition) is 1. The van der Waals surface area contributed by atoms with E-state index in [-0.39, 0.29) is 0 Å². The van der Waals surface area contributed by atoms with Gasteiger partial charge in [-0.1, -0.05) is 66.7 Å². The largest absolute Gasteiger partial charge is 0.378 e. The van der Waals surface area contributed by atoms with E-state index < -0.39 is 0 Å². The summed E-state index contributed by atoms with van der Waals surface area (Å²) < 4.78 is 0. The van der Waals surface area contributed by atoms with Crippen molar-refractivity contribution < 1.29 is 0 Å². The highest BCUT2D eigenvalue weighted by atomic mass is 15.1. The van der Waals surface area contributed by atoms with E-state index in [0.717, 1.165) is 22.4 Å². The Bertz CT molecular complexity index is 1250. The number of nitrogens with one attached hydrogen (secondary N) is 1. The lowest BCUT2D eigenvalue weighted by Gasteiger charge is -2.11. The van der Waals surface area contributed by atoms with Crippen LogP contribution in [-0.4, -0.2) is 24.1 Å². The van der Waals surface area contributed by atoms with Gasteiger partial charge in [0.25, 0.3) is 0 Å². The lowest BCUT2D eigenvalue weighted by atomic mass is 10.0. The summed E-state index contributed by atoms with van der Waals surface area (Å²) in [6.45, 7) is 0. The molecule has 0 atom stereocenters. The number of benzene rings is 4. The smallest absolute Gasteiger partial charge is 0.131 e. The fourth-order valence-electron chi connectivity index (χ4n) is 3.78. The Hall–Kier alpha value is -3.59. The highest BCUT2D eigenvalue weighted by Crippen LogP contribution is 2.33. The normalized spacial score (nSPS) is 11.8. The van der Waals surface area contributed by atoms with Gasteiger partial charge in [0, 0.05) is 30.6 Å². The number of nitrogens with zero attached hydrogens (tertiary/aromatic N) is 2. The Kier molecular flexibility index (Phi) is 3.87. The van der Waals surface area contributed by atoms with Gasteiger partial charge in [0.1, 0.15) is 5.82 Å². The van der Waals surface area contributed by atoms with Crippen LogP contribution in [0.4, 0.5) is 5.69 Å². The molecule has 0 unspecified atom stereocenters. The summed E-state index contributed by atoms with van der Waals surface area (Å²) in [7, 11) is 4.10. The topological polar surface area (TPSA) is 31.9 Å². The number of anilines is 1. The molecule has 136 valence electrons. The second kappa shape index (κ2) is 6.54. The van der Waals surface area contributed by atoms with Crippen LogP contribution in [0.2, 0.25) is 0 Å². The molecule has 0 saturated carbocycles. The van der Waals surface area contributed by atoms with Gasteiger partial charge in [-0.05, 0) is 34.5 Å². The third-order valence-corrected chi connectivity index (χ3v) is 5.23. The van der Waals surface area contributed by atoms with Gasteiger partial charge >= 0.3 is 0 Å². The predicted octanol–water partition coefficient (Wildman–Crippen LogP) is 6.11. The molecule has 0 aliphatic carbocycles. The number of aromatic amines is 1. The van der Waals surface area contributed by atoms with E-state index in [1.165, 1.54) is 27.2 Å². The minimum Gasteiger partial charge on any atom is -0.378 e. The van der Waals surface area contributed by atoms with Crippen molar-refractivity contribution in [1.82, 2.24) is 9.97 Å². The Morgan fingerprint density at radius 1 is 0.714 bits per heavy atom. The van der Waals surface area contributed by atoms with Crippen molar-refractivity contribution in [1.29, 1.82) is 0 Å². The lowest BCUT2D eigenvalue weighted by molar-refractivity contribution is 1.13. The molecule has 5 rings (SSSR count). The van der Waals surface area contributed by atoms with Crippen molar-refractivity contribution in [3.8, 4) is 0 Å². The van der Waals surface area contributed by atoms with Crippen LogP contribution >= 0.6 is 0 Å². The zero-order chi connectivity index (χ0) is 19.1. The van der Waals surface area contributed by atoms with Crippen LogP contribution < -0.4 is 4.90 Å². The summed E-state index contributed by atoms with van der Waals surface area (Å²) in [5.74, 6) is 0.869. The molecule has 0 aliphatic heterocycles. The number of aromatic nitrogens is 2. The van der Waals surface area contributed by atoms with Crippen LogP contribution in [0.15, 0.2) is 72.8 Å². The van der Waals surface area contributed by atoms with Crippen molar-refractivity contribution in [2.75, 3.05) is 19.0 Å². The molecule has 0 radical (unpaired) electrons. The first kappa shape index (κ1) is 16.6. The van der Waals surface area contributed by atoms with Crippen LogP contribution in [0.25, 0.3) is 44.7 Å². The summed E-state index contributed by atoms with van der Waals surface area (Å²) in [6, 6.07) is 25.5. The van der Waals surface area contributed by atoms with Crippen molar-refractivity contribution in [2.45, 2.75) is 0 Å². The maximum Gasteiger partial charge on any atom is 0.131 e. The fraction of sp³-hybridized carbons (Fsp3) is 0.0800. The van der Waals surface area contributed by atoms with Crippen LogP contribution in [0.5, 0.6) is 0 Å². The van der Waals surface area contributed by atoms with Crippen molar-refractivity contribution in [3.05, 3.63) is 84.2 Å². The van der Waals surface area contributed by atoms with E-state index in [1.54, 1.807) is 0 Å². The summed E-state index contributed by atoms with van der Waals surface area (Å²) in [5.41, 5.74) is 4.47. The molecular formula is C25H21N3. The summed E-state index contributed by atoms with van der Waals surface area (Å²) in [6.07, 6.45) is 4.15. The summed E-state index contributed by atoms with van der Waals surface area (Å²) >= 11 is 0. The van der Waals surface area contributed by atoms with Crippen LogP contribution in [0.1, 0.15) is 11.4 Å². The number of imidazole rings is 1. The Balaban J connectivity index is 1.63. The van der Waals surface area contributed by atoms with E-state index in [1.807, 2.05) is 20.2 Å². The molecule has 0 saturated heterocycles. The maximum atomic E-state index is 4.90. The van der Waals surface area contributed by atoms with E-state index in [9.17, 15) is 0 Å². The molecule has 0 amide bonds. The van der Waals surface area contributed by atoms with Crippen LogP contribution in [0.3, 0.4) is 0 Å². The standard InChI is InChI=1S/C25H21N3/c1-28(2)18-14-11-17(12-15-18)13-16-23-26-24-21-9-5-3-7-19(21)20-8-4-6-10-22(20)25(24)27-23/h3-16H,1-2H3,(H,26,27)/b16-13+. The molecule has 0 spiro atoms. The van der Waals surface area contributed by atoms with E-state index in [4.69, 9.17) is 4.98 Å². The lowest BCUT2D eigenvalue weighted by Crippen LogP contribution is -2.07. The number of rotatable bonds is 3. The average Bonchev–Trinajstić information content (AvgIpc) is 3.17.